The molecule has 6 heteroatoms. The molecule has 0 atom stereocenters. The molecule has 0 aromatic heterocycles. The van der Waals surface area contributed by atoms with Gasteiger partial charge in [-0.15, -0.1) is 0 Å². The molecule has 2 nitrogen and oxygen atoms in total. The molecule has 4 radical (unpaired) electrons. The van der Waals surface area contributed by atoms with E-state index >= 15 is 0 Å². The number of benzene rings is 1. The summed E-state index contributed by atoms with van der Waals surface area (Å²) in [6, 6.07) is 8.99. The zero-order valence-electron chi connectivity index (χ0n) is 22.8. The first-order valence-electron chi connectivity index (χ1n) is 11.5. The van der Waals surface area contributed by atoms with Crippen LogP contribution in [0.1, 0.15) is 83.1 Å². The molecule has 0 unspecified atom stereocenters. The Morgan fingerprint density at radius 3 is 1.09 bits per heavy atom. The van der Waals surface area contributed by atoms with E-state index in [9.17, 15) is 0 Å². The summed E-state index contributed by atoms with van der Waals surface area (Å²) in [5, 5.41) is 1.31. The molecule has 1 aromatic carbocycles. The van der Waals surface area contributed by atoms with Crippen molar-refractivity contribution in [2.45, 2.75) is 104 Å². The maximum absolute atomic E-state index is 3.00. The molecule has 0 fully saturated rings. The number of para-hydroxylation sites is 2. The Morgan fingerprint density at radius 2 is 0.875 bits per heavy atom. The number of hydrogen-bond donors (Lipinski definition) is 0. The second kappa shape index (κ2) is 11.9. The summed E-state index contributed by atoms with van der Waals surface area (Å²) in [4.78, 5) is 5.10. The van der Waals surface area contributed by atoms with Crippen LogP contribution in [0.2, 0.25) is 0 Å². The smallest absolute Gasteiger partial charge is 0.392 e. The summed E-state index contributed by atoms with van der Waals surface area (Å²) in [5.41, 5.74) is 2.76. The fourth-order valence-corrected chi connectivity index (χ4v) is 11.4. The molecule has 1 heterocycles. The Kier molecular flexibility index (Phi) is 12.0. The number of hydrogen-bond acceptors (Lipinski definition) is 2. The number of rotatable bonds is 4. The van der Waals surface area contributed by atoms with Gasteiger partial charge in [0.1, 0.15) is 0 Å². The van der Waals surface area contributed by atoms with Crippen LogP contribution in [0.25, 0.3) is 0 Å². The summed E-state index contributed by atoms with van der Waals surface area (Å²) in [7, 11) is 2.04. The average Bonchev–Trinajstić information content (AvgIpc) is 2.93. The molecule has 184 valence electrons. The van der Waals surface area contributed by atoms with Crippen molar-refractivity contribution >= 4 is 34.8 Å². The topological polar surface area (TPSA) is 6.48 Å². The van der Waals surface area contributed by atoms with Gasteiger partial charge < -0.3 is 9.62 Å². The number of nitrogens with zero attached hydrogens (tertiary/aromatic N) is 2. The monoisotopic (exact) mass is 654 g/mol. The van der Waals surface area contributed by atoms with Crippen molar-refractivity contribution < 1.29 is 20.1 Å². The van der Waals surface area contributed by atoms with E-state index in [0.717, 1.165) is 12.6 Å². The van der Waals surface area contributed by atoms with Gasteiger partial charge in [0.15, 0.2) is 0 Å². The molecule has 1 aliphatic heterocycles. The molecule has 0 N–H and O–H groups in total. The SMILES string of the molecule is CC(C)(C)P(CN1[B]N(CP(C(C)(C)C)C(C)(C)C)c2ccccc21)C(C)(C)C.[CH2][CH2].[Ir]. The third kappa shape index (κ3) is 8.56. The van der Waals surface area contributed by atoms with Crippen molar-refractivity contribution in [2.75, 3.05) is 22.2 Å². The summed E-state index contributed by atoms with van der Waals surface area (Å²) in [5.74, 6) is 0. The van der Waals surface area contributed by atoms with E-state index in [-0.39, 0.29) is 35.9 Å². The molecule has 32 heavy (non-hydrogen) atoms. The summed E-state index contributed by atoms with van der Waals surface area (Å²) in [6.45, 7) is 35.0. The van der Waals surface area contributed by atoms with Crippen molar-refractivity contribution in [1.82, 2.24) is 0 Å². The summed E-state index contributed by atoms with van der Waals surface area (Å²) >= 11 is 0. The zero-order valence-corrected chi connectivity index (χ0v) is 27.0. The first-order chi connectivity index (χ1) is 13.9. The van der Waals surface area contributed by atoms with Gasteiger partial charge in [-0.1, -0.05) is 125 Å². The average molecular weight is 654 g/mol. The standard InChI is InChI=1S/C24H44BN2P2.C2H4.Ir/c1-21(2,3)28(22(4,5)6)17-26-19-15-13-14-16-20(19)27(25-26)18-29(23(7,8)9)24(10,11)12;1-2;/h13-16H,17-18H2,1-12H3;1-2H2;. The van der Waals surface area contributed by atoms with Crippen LogP contribution in [0.5, 0.6) is 0 Å². The minimum Gasteiger partial charge on any atom is -0.393 e. The Labute approximate surface area is 218 Å². The van der Waals surface area contributed by atoms with E-state index in [1.54, 1.807) is 0 Å². The second-order valence-electron chi connectivity index (χ2n) is 12.4. The fraction of sp³-hybridized carbons (Fsp3) is 0.692. The molecule has 0 bridgehead atoms. The maximum Gasteiger partial charge on any atom is 0.392 e. The minimum absolute atomic E-state index is 0. The van der Waals surface area contributed by atoms with Gasteiger partial charge in [-0.3, -0.25) is 0 Å². The molecular weight excluding hydrogens is 605 g/mol. The van der Waals surface area contributed by atoms with Crippen LogP contribution < -0.4 is 9.62 Å². The predicted octanol–water partition coefficient (Wildman–Crippen LogP) is 8.57. The molecule has 0 saturated carbocycles. The van der Waals surface area contributed by atoms with Gasteiger partial charge in [-0.25, -0.2) is 0 Å². The van der Waals surface area contributed by atoms with Crippen LogP contribution in [0.3, 0.4) is 0 Å². The van der Waals surface area contributed by atoms with E-state index in [0.29, 0.717) is 20.6 Å². The normalized spacial score (nSPS) is 14.6. The molecule has 0 aliphatic carbocycles. The van der Waals surface area contributed by atoms with Gasteiger partial charge in [0.25, 0.3) is 0 Å². The van der Waals surface area contributed by atoms with E-state index in [2.05, 4.69) is 138 Å². The molecule has 0 amide bonds. The van der Waals surface area contributed by atoms with Crippen molar-refractivity contribution in [3.63, 3.8) is 0 Å². The van der Waals surface area contributed by atoms with Crippen molar-refractivity contribution in [3.05, 3.63) is 38.1 Å². The molecule has 1 aromatic rings. The van der Waals surface area contributed by atoms with Crippen LogP contribution in [-0.4, -0.2) is 40.7 Å². The third-order valence-electron chi connectivity index (χ3n) is 5.61. The first-order valence-corrected chi connectivity index (χ1v) is 14.5. The second-order valence-corrected chi connectivity index (χ2v) is 20.0. The van der Waals surface area contributed by atoms with Gasteiger partial charge in [0.2, 0.25) is 0 Å². The Hall–Kier alpha value is 0.394. The summed E-state index contributed by atoms with van der Waals surface area (Å²) in [6.07, 6.45) is 2.25. The Morgan fingerprint density at radius 1 is 0.625 bits per heavy atom. The van der Waals surface area contributed by atoms with E-state index in [4.69, 9.17) is 0 Å². The number of fused-ring (bicyclic) bond motifs is 1. The zero-order chi connectivity index (χ0) is 24.4. The van der Waals surface area contributed by atoms with E-state index < -0.39 is 0 Å². The Balaban J connectivity index is 0.00000311. The van der Waals surface area contributed by atoms with Gasteiger partial charge in [0, 0.05) is 44.1 Å². The Bertz CT molecular complexity index is 612. The molecular formula is C26H48BIrN2P2. The first kappa shape index (κ1) is 32.4. The largest absolute Gasteiger partial charge is 0.393 e. The third-order valence-corrected chi connectivity index (χ3v) is 13.3. The van der Waals surface area contributed by atoms with Gasteiger partial charge >= 0.3 is 7.55 Å². The van der Waals surface area contributed by atoms with Crippen molar-refractivity contribution in [3.8, 4) is 0 Å². The van der Waals surface area contributed by atoms with Crippen LogP contribution in [0, 0.1) is 13.8 Å². The molecule has 2 rings (SSSR count). The molecule has 0 spiro atoms. The van der Waals surface area contributed by atoms with E-state index in [1.165, 1.54) is 11.4 Å². The predicted molar refractivity (Wildman–Crippen MR) is 150 cm³/mol. The quantitative estimate of drug-likeness (QED) is 0.237. The summed E-state index contributed by atoms with van der Waals surface area (Å²) < 4.78 is 0. The van der Waals surface area contributed by atoms with Gasteiger partial charge in [-0.2, -0.15) is 0 Å². The number of anilines is 2. The minimum atomic E-state index is -0.189. The molecule has 1 aliphatic rings. The van der Waals surface area contributed by atoms with Gasteiger partial charge in [-0.05, 0) is 32.8 Å². The fourth-order valence-electron chi connectivity index (χ4n) is 4.63. The van der Waals surface area contributed by atoms with Crippen molar-refractivity contribution in [1.29, 1.82) is 0 Å². The van der Waals surface area contributed by atoms with Crippen LogP contribution in [0.15, 0.2) is 24.3 Å². The van der Waals surface area contributed by atoms with Crippen LogP contribution in [-0.2, 0) is 20.1 Å². The maximum atomic E-state index is 3.00. The van der Waals surface area contributed by atoms with Gasteiger partial charge in [0.05, 0.1) is 0 Å². The van der Waals surface area contributed by atoms with Crippen molar-refractivity contribution in [2.24, 2.45) is 0 Å². The van der Waals surface area contributed by atoms with Crippen LogP contribution >= 0.6 is 15.8 Å². The molecule has 0 saturated heterocycles. The van der Waals surface area contributed by atoms with E-state index in [1.807, 2.05) is 0 Å². The van der Waals surface area contributed by atoms with Crippen LogP contribution in [0.4, 0.5) is 11.4 Å².